The van der Waals surface area contributed by atoms with E-state index in [4.69, 9.17) is 0 Å². The summed E-state index contributed by atoms with van der Waals surface area (Å²) >= 11 is 0. The maximum Gasteiger partial charge on any atom is 0.150 e. The number of hydrogen-bond donors (Lipinski definition) is 1. The molecule has 6 heteroatoms. The topological polar surface area (TPSA) is 60.9 Å². The van der Waals surface area contributed by atoms with Crippen LogP contribution in [0.25, 0.3) is 0 Å². The highest BCUT2D eigenvalue weighted by Gasteiger charge is 2.27. The summed E-state index contributed by atoms with van der Waals surface area (Å²) in [6.07, 6.45) is 4.14. The van der Waals surface area contributed by atoms with E-state index in [2.05, 4.69) is 31.4 Å². The zero-order valence-electron chi connectivity index (χ0n) is 12.0. The molecule has 2 aromatic rings. The van der Waals surface area contributed by atoms with Crippen LogP contribution in [0.15, 0.2) is 24.4 Å². The standard InChI is InChI=1S/C14H20N6/c1-19(2)14-6-5-12(17-18-14)13-4-3-9-20(13)10-11-7-8-15-16-11/h5-8,13H,3-4,9-10H2,1-2H3,(H,15,16). The maximum absolute atomic E-state index is 4.40. The van der Waals surface area contributed by atoms with Crippen LogP contribution in [0, 0.1) is 0 Å². The third kappa shape index (κ3) is 2.65. The molecule has 0 amide bonds. The summed E-state index contributed by atoms with van der Waals surface area (Å²) in [6.45, 7) is 1.99. The normalized spacial score (nSPS) is 19.4. The minimum Gasteiger partial charge on any atom is -0.361 e. The van der Waals surface area contributed by atoms with E-state index in [1.54, 1.807) is 6.20 Å². The third-order valence-corrected chi connectivity index (χ3v) is 3.77. The monoisotopic (exact) mass is 272 g/mol. The number of rotatable bonds is 4. The molecular formula is C14H20N6. The summed E-state index contributed by atoms with van der Waals surface area (Å²) < 4.78 is 0. The van der Waals surface area contributed by atoms with Gasteiger partial charge in [-0.15, -0.1) is 5.10 Å². The van der Waals surface area contributed by atoms with Crippen LogP contribution in [0.4, 0.5) is 5.82 Å². The second-order valence-electron chi connectivity index (χ2n) is 5.42. The lowest BCUT2D eigenvalue weighted by Crippen LogP contribution is -2.24. The van der Waals surface area contributed by atoms with Crippen molar-refractivity contribution in [2.75, 3.05) is 25.5 Å². The summed E-state index contributed by atoms with van der Waals surface area (Å²) in [7, 11) is 3.95. The van der Waals surface area contributed by atoms with Gasteiger partial charge in [0, 0.05) is 32.5 Å². The molecule has 0 aliphatic carbocycles. The molecule has 3 heterocycles. The van der Waals surface area contributed by atoms with E-state index in [9.17, 15) is 0 Å². The zero-order chi connectivity index (χ0) is 13.9. The van der Waals surface area contributed by atoms with Gasteiger partial charge >= 0.3 is 0 Å². The molecule has 1 aliphatic heterocycles. The molecule has 2 aromatic heterocycles. The SMILES string of the molecule is CN(C)c1ccc(C2CCCN2Cc2ccn[nH]2)nn1. The summed E-state index contributed by atoms with van der Waals surface area (Å²) in [5, 5.41) is 15.7. The van der Waals surface area contributed by atoms with Crippen molar-refractivity contribution in [1.82, 2.24) is 25.3 Å². The third-order valence-electron chi connectivity index (χ3n) is 3.77. The molecule has 1 saturated heterocycles. The smallest absolute Gasteiger partial charge is 0.150 e. The quantitative estimate of drug-likeness (QED) is 0.916. The van der Waals surface area contributed by atoms with Gasteiger partial charge in [-0.1, -0.05) is 0 Å². The number of likely N-dealkylation sites (tertiary alicyclic amines) is 1. The van der Waals surface area contributed by atoms with E-state index in [1.807, 2.05) is 31.1 Å². The van der Waals surface area contributed by atoms with Crippen molar-refractivity contribution in [3.05, 3.63) is 35.8 Å². The highest BCUT2D eigenvalue weighted by Crippen LogP contribution is 2.31. The van der Waals surface area contributed by atoms with Crippen LogP contribution < -0.4 is 4.90 Å². The Morgan fingerprint density at radius 3 is 2.85 bits per heavy atom. The van der Waals surface area contributed by atoms with E-state index in [-0.39, 0.29) is 0 Å². The first-order valence-electron chi connectivity index (χ1n) is 6.97. The molecule has 0 spiro atoms. The zero-order valence-corrected chi connectivity index (χ0v) is 12.0. The Hall–Kier alpha value is -1.95. The lowest BCUT2D eigenvalue weighted by atomic mass is 10.1. The Morgan fingerprint density at radius 1 is 1.30 bits per heavy atom. The fourth-order valence-electron chi connectivity index (χ4n) is 2.69. The first-order valence-corrected chi connectivity index (χ1v) is 6.97. The summed E-state index contributed by atoms with van der Waals surface area (Å²) in [5.41, 5.74) is 2.21. The fourth-order valence-corrected chi connectivity index (χ4v) is 2.69. The van der Waals surface area contributed by atoms with Crippen molar-refractivity contribution in [3.8, 4) is 0 Å². The Bertz CT molecular complexity index is 533. The van der Waals surface area contributed by atoms with Crippen molar-refractivity contribution in [1.29, 1.82) is 0 Å². The van der Waals surface area contributed by atoms with Gasteiger partial charge in [0.2, 0.25) is 0 Å². The molecule has 0 saturated carbocycles. The minimum absolute atomic E-state index is 0.363. The van der Waals surface area contributed by atoms with Gasteiger partial charge in [0.1, 0.15) is 0 Å². The van der Waals surface area contributed by atoms with Crippen molar-refractivity contribution in [2.24, 2.45) is 0 Å². The van der Waals surface area contributed by atoms with Gasteiger partial charge in [-0.05, 0) is 37.6 Å². The summed E-state index contributed by atoms with van der Waals surface area (Å²) in [5.74, 6) is 0.895. The molecule has 1 unspecified atom stereocenters. The first-order chi connectivity index (χ1) is 9.74. The molecule has 0 aromatic carbocycles. The molecule has 1 N–H and O–H groups in total. The summed E-state index contributed by atoms with van der Waals surface area (Å²) in [4.78, 5) is 4.40. The fraction of sp³-hybridized carbons (Fsp3) is 0.500. The maximum atomic E-state index is 4.40. The molecule has 6 nitrogen and oxygen atoms in total. The van der Waals surface area contributed by atoms with Crippen molar-refractivity contribution < 1.29 is 0 Å². The minimum atomic E-state index is 0.363. The average Bonchev–Trinajstić information content (AvgIpc) is 3.11. The Morgan fingerprint density at radius 2 is 2.20 bits per heavy atom. The molecule has 0 radical (unpaired) electrons. The summed E-state index contributed by atoms with van der Waals surface area (Å²) in [6, 6.07) is 6.52. The lowest BCUT2D eigenvalue weighted by Gasteiger charge is -2.23. The van der Waals surface area contributed by atoms with Crippen LogP contribution in [0.1, 0.15) is 30.3 Å². The Labute approximate surface area is 118 Å². The highest BCUT2D eigenvalue weighted by atomic mass is 15.3. The first kappa shape index (κ1) is 13.1. The Balaban J connectivity index is 1.74. The molecule has 1 atom stereocenters. The van der Waals surface area contributed by atoms with E-state index < -0.39 is 0 Å². The van der Waals surface area contributed by atoms with Crippen LogP contribution in [0.2, 0.25) is 0 Å². The molecule has 1 aliphatic rings. The molecule has 1 fully saturated rings. The van der Waals surface area contributed by atoms with Crippen LogP contribution >= 0.6 is 0 Å². The largest absolute Gasteiger partial charge is 0.361 e. The van der Waals surface area contributed by atoms with Gasteiger partial charge in [-0.3, -0.25) is 10.00 Å². The van der Waals surface area contributed by atoms with Crippen molar-refractivity contribution in [3.63, 3.8) is 0 Å². The van der Waals surface area contributed by atoms with Crippen molar-refractivity contribution >= 4 is 5.82 Å². The molecule has 0 bridgehead atoms. The molecule has 20 heavy (non-hydrogen) atoms. The van der Waals surface area contributed by atoms with Crippen LogP contribution in [0.5, 0.6) is 0 Å². The predicted octanol–water partition coefficient (Wildman–Crippen LogP) is 1.60. The van der Waals surface area contributed by atoms with Gasteiger partial charge in [-0.25, -0.2) is 0 Å². The van der Waals surface area contributed by atoms with Gasteiger partial charge in [-0.2, -0.15) is 10.2 Å². The number of aromatic nitrogens is 4. The molecule has 106 valence electrons. The van der Waals surface area contributed by atoms with Crippen LogP contribution in [-0.2, 0) is 6.54 Å². The van der Waals surface area contributed by atoms with Crippen molar-refractivity contribution in [2.45, 2.75) is 25.4 Å². The van der Waals surface area contributed by atoms with Gasteiger partial charge in [0.15, 0.2) is 5.82 Å². The second-order valence-corrected chi connectivity index (χ2v) is 5.42. The van der Waals surface area contributed by atoms with E-state index in [0.29, 0.717) is 6.04 Å². The van der Waals surface area contributed by atoms with Gasteiger partial charge in [0.05, 0.1) is 11.7 Å². The van der Waals surface area contributed by atoms with Crippen LogP contribution in [-0.4, -0.2) is 45.9 Å². The second kappa shape index (κ2) is 5.58. The number of hydrogen-bond acceptors (Lipinski definition) is 5. The predicted molar refractivity (Wildman–Crippen MR) is 77.3 cm³/mol. The Kier molecular flexibility index (Phi) is 3.64. The lowest BCUT2D eigenvalue weighted by molar-refractivity contribution is 0.240. The number of aromatic amines is 1. The molecular weight excluding hydrogens is 252 g/mol. The molecule has 3 rings (SSSR count). The van der Waals surface area contributed by atoms with E-state index in [1.165, 1.54) is 6.42 Å². The number of H-pyrrole nitrogens is 1. The number of nitrogens with zero attached hydrogens (tertiary/aromatic N) is 5. The van der Waals surface area contributed by atoms with Gasteiger partial charge in [0.25, 0.3) is 0 Å². The van der Waals surface area contributed by atoms with Crippen LogP contribution in [0.3, 0.4) is 0 Å². The number of nitrogens with one attached hydrogen (secondary N) is 1. The average molecular weight is 272 g/mol. The van der Waals surface area contributed by atoms with E-state index in [0.717, 1.165) is 36.7 Å². The number of anilines is 1. The van der Waals surface area contributed by atoms with Gasteiger partial charge < -0.3 is 4.90 Å². The van der Waals surface area contributed by atoms with E-state index >= 15 is 0 Å². The highest BCUT2D eigenvalue weighted by molar-refractivity contribution is 5.35.